The predicted octanol–water partition coefficient (Wildman–Crippen LogP) is 2.14. The van der Waals surface area contributed by atoms with Crippen molar-refractivity contribution < 1.29 is 9.72 Å². The molecule has 10 nitrogen and oxygen atoms in total. The summed E-state index contributed by atoms with van der Waals surface area (Å²) in [5.41, 5.74) is 0.103. The molecule has 1 saturated heterocycles. The van der Waals surface area contributed by atoms with Crippen LogP contribution in [0.15, 0.2) is 29.1 Å². The van der Waals surface area contributed by atoms with Crippen LogP contribution in [0.1, 0.15) is 36.8 Å². The number of fused-ring (bicyclic) bond motifs is 1. The van der Waals surface area contributed by atoms with Crippen molar-refractivity contribution in [3.63, 3.8) is 0 Å². The molecule has 0 saturated carbocycles. The van der Waals surface area contributed by atoms with E-state index in [2.05, 4.69) is 22.2 Å². The number of amides is 1. The molecule has 10 heteroatoms. The van der Waals surface area contributed by atoms with Crippen LogP contribution in [0, 0.1) is 33.3 Å². The lowest BCUT2D eigenvalue weighted by Crippen LogP contribution is -2.40. The molecule has 0 aliphatic carbocycles. The van der Waals surface area contributed by atoms with Gasteiger partial charge in [0.05, 0.1) is 16.6 Å². The minimum atomic E-state index is -1.15. The van der Waals surface area contributed by atoms with Gasteiger partial charge < -0.3 is 10.2 Å². The molecule has 1 aromatic carbocycles. The van der Waals surface area contributed by atoms with Gasteiger partial charge in [-0.1, -0.05) is 19.1 Å². The normalized spacial score (nSPS) is 21.5. The van der Waals surface area contributed by atoms with Gasteiger partial charge >= 0.3 is 0 Å². The summed E-state index contributed by atoms with van der Waals surface area (Å²) in [6, 6.07) is 7.47. The molecular weight excluding hydrogens is 388 g/mol. The summed E-state index contributed by atoms with van der Waals surface area (Å²) >= 11 is 0. The van der Waals surface area contributed by atoms with Gasteiger partial charge in [-0.3, -0.25) is 24.7 Å². The maximum Gasteiger partial charge on any atom is 0.269 e. The highest BCUT2D eigenvalue weighted by atomic mass is 16.6. The van der Waals surface area contributed by atoms with E-state index in [1.807, 2.05) is 11.0 Å². The summed E-state index contributed by atoms with van der Waals surface area (Å²) in [6.45, 7) is 3.68. The van der Waals surface area contributed by atoms with E-state index in [4.69, 9.17) is 0 Å². The van der Waals surface area contributed by atoms with Gasteiger partial charge in [0.2, 0.25) is 11.9 Å². The van der Waals surface area contributed by atoms with Gasteiger partial charge in [0.15, 0.2) is 0 Å². The molecule has 2 aliphatic rings. The van der Waals surface area contributed by atoms with Crippen LogP contribution in [0.5, 0.6) is 0 Å². The Bertz CT molecular complexity index is 1100. The molecule has 0 bridgehead atoms. The Kier molecular flexibility index (Phi) is 4.95. The zero-order valence-corrected chi connectivity index (χ0v) is 16.3. The molecule has 0 radical (unpaired) electrons. The first-order chi connectivity index (χ1) is 14.4. The highest BCUT2D eigenvalue weighted by Crippen LogP contribution is 2.38. The molecule has 4 rings (SSSR count). The SMILES string of the molecule is CC1CCN(c2nc3c(c(=O)[nH]2)C(c2ccc([N+](=O)[O-])cc2)C(C#N)C(=O)N3)CC1. The predicted molar refractivity (Wildman–Crippen MR) is 108 cm³/mol. The number of nitrogens with one attached hydrogen (secondary N) is 2. The van der Waals surface area contributed by atoms with Crippen molar-refractivity contribution in [1.29, 1.82) is 5.26 Å². The molecule has 1 amide bonds. The maximum absolute atomic E-state index is 13.0. The van der Waals surface area contributed by atoms with Crippen LogP contribution in [-0.4, -0.2) is 33.9 Å². The molecule has 0 spiro atoms. The number of carbonyl (C=O) groups excluding carboxylic acids is 1. The van der Waals surface area contributed by atoms with Crippen molar-refractivity contribution in [2.75, 3.05) is 23.3 Å². The lowest BCUT2D eigenvalue weighted by atomic mass is 9.79. The number of H-pyrrole nitrogens is 1. The fourth-order valence-electron chi connectivity index (χ4n) is 4.03. The number of piperidine rings is 1. The number of hydrogen-bond donors (Lipinski definition) is 2. The van der Waals surface area contributed by atoms with Gasteiger partial charge in [-0.05, 0) is 24.3 Å². The van der Waals surface area contributed by atoms with E-state index in [-0.39, 0.29) is 17.1 Å². The van der Waals surface area contributed by atoms with Crippen molar-refractivity contribution in [2.45, 2.75) is 25.7 Å². The topological polar surface area (TPSA) is 145 Å². The maximum atomic E-state index is 13.0. The fourth-order valence-corrected chi connectivity index (χ4v) is 4.03. The van der Waals surface area contributed by atoms with Gasteiger partial charge in [0.25, 0.3) is 11.2 Å². The minimum Gasteiger partial charge on any atom is -0.342 e. The number of benzene rings is 1. The molecular formula is C20H20N6O4. The number of nitro groups is 1. The van der Waals surface area contributed by atoms with E-state index < -0.39 is 28.2 Å². The van der Waals surface area contributed by atoms with E-state index in [1.165, 1.54) is 24.3 Å². The zero-order chi connectivity index (χ0) is 21.4. The summed E-state index contributed by atoms with van der Waals surface area (Å²) in [5, 5.41) is 23.1. The second-order valence-electron chi connectivity index (χ2n) is 7.74. The van der Waals surface area contributed by atoms with E-state index in [9.17, 15) is 25.0 Å². The number of rotatable bonds is 3. The third-order valence-electron chi connectivity index (χ3n) is 5.80. The average molecular weight is 408 g/mol. The molecule has 2 N–H and O–H groups in total. The van der Waals surface area contributed by atoms with E-state index in [1.54, 1.807) is 0 Å². The van der Waals surface area contributed by atoms with Crippen LogP contribution in [0.3, 0.4) is 0 Å². The van der Waals surface area contributed by atoms with Crippen molar-refractivity contribution in [2.24, 2.45) is 11.8 Å². The first kappa shape index (κ1) is 19.6. The first-order valence-corrected chi connectivity index (χ1v) is 9.73. The summed E-state index contributed by atoms with van der Waals surface area (Å²) in [5.74, 6) is -1.44. The van der Waals surface area contributed by atoms with Gasteiger partial charge in [0.1, 0.15) is 11.7 Å². The van der Waals surface area contributed by atoms with Crippen molar-refractivity contribution in [3.8, 4) is 6.07 Å². The second kappa shape index (κ2) is 7.59. The highest BCUT2D eigenvalue weighted by Gasteiger charge is 2.40. The van der Waals surface area contributed by atoms with Crippen molar-refractivity contribution >= 4 is 23.4 Å². The van der Waals surface area contributed by atoms with Crippen molar-refractivity contribution in [1.82, 2.24) is 9.97 Å². The van der Waals surface area contributed by atoms with Crippen LogP contribution >= 0.6 is 0 Å². The molecule has 154 valence electrons. The van der Waals surface area contributed by atoms with E-state index >= 15 is 0 Å². The third kappa shape index (κ3) is 3.39. The molecule has 2 unspecified atom stereocenters. The Hall–Kier alpha value is -3.74. The Morgan fingerprint density at radius 1 is 1.23 bits per heavy atom. The molecule has 3 heterocycles. The number of non-ortho nitro benzene ring substituents is 1. The molecule has 30 heavy (non-hydrogen) atoms. The minimum absolute atomic E-state index is 0.116. The number of carbonyl (C=O) groups is 1. The van der Waals surface area contributed by atoms with Gasteiger partial charge in [-0.15, -0.1) is 0 Å². The number of nitro benzene ring substituents is 1. The van der Waals surface area contributed by atoms with E-state index in [0.717, 1.165) is 25.9 Å². The summed E-state index contributed by atoms with van der Waals surface area (Å²) < 4.78 is 0. The molecule has 2 aromatic rings. The largest absolute Gasteiger partial charge is 0.342 e. The van der Waals surface area contributed by atoms with E-state index in [0.29, 0.717) is 17.4 Å². The number of hydrogen-bond acceptors (Lipinski definition) is 7. The number of aromatic amines is 1. The van der Waals surface area contributed by atoms with Gasteiger partial charge in [-0.25, -0.2) is 0 Å². The first-order valence-electron chi connectivity index (χ1n) is 9.73. The monoisotopic (exact) mass is 408 g/mol. The Morgan fingerprint density at radius 3 is 2.50 bits per heavy atom. The average Bonchev–Trinajstić information content (AvgIpc) is 2.73. The number of nitrogens with zero attached hydrogens (tertiary/aromatic N) is 4. The lowest BCUT2D eigenvalue weighted by Gasteiger charge is -2.32. The van der Waals surface area contributed by atoms with Crippen molar-refractivity contribution in [3.05, 3.63) is 55.9 Å². The van der Waals surface area contributed by atoms with Crippen LogP contribution in [0.4, 0.5) is 17.5 Å². The van der Waals surface area contributed by atoms with Gasteiger partial charge in [-0.2, -0.15) is 10.2 Å². The van der Waals surface area contributed by atoms with Crippen LogP contribution in [0.2, 0.25) is 0 Å². The molecule has 2 atom stereocenters. The van der Waals surface area contributed by atoms with Gasteiger partial charge in [0, 0.05) is 31.1 Å². The molecule has 1 aromatic heterocycles. The highest BCUT2D eigenvalue weighted by molar-refractivity contribution is 5.98. The van der Waals surface area contributed by atoms with Crippen LogP contribution in [0.25, 0.3) is 0 Å². The van der Waals surface area contributed by atoms with Crippen LogP contribution < -0.4 is 15.8 Å². The molecule has 1 fully saturated rings. The zero-order valence-electron chi connectivity index (χ0n) is 16.3. The third-order valence-corrected chi connectivity index (χ3v) is 5.80. The Labute approximate surface area is 171 Å². The quantitative estimate of drug-likeness (QED) is 0.584. The number of nitriles is 1. The Morgan fingerprint density at radius 2 is 1.90 bits per heavy atom. The summed E-state index contributed by atoms with van der Waals surface area (Å²) in [6.07, 6.45) is 1.96. The number of anilines is 2. The number of aromatic nitrogens is 2. The fraction of sp³-hybridized carbons (Fsp3) is 0.400. The van der Waals surface area contributed by atoms with Crippen LogP contribution in [-0.2, 0) is 4.79 Å². The standard InChI is InChI=1S/C20H20N6O4/c1-11-6-8-25(9-7-11)20-23-17-16(19(28)24-20)15(14(10-21)18(27)22-17)12-2-4-13(5-3-12)26(29)30/h2-5,11,14-15H,6-9H2,1H3,(H2,22,23,24,27,28). The summed E-state index contributed by atoms with van der Waals surface area (Å²) in [7, 11) is 0. The second-order valence-corrected chi connectivity index (χ2v) is 7.74. The summed E-state index contributed by atoms with van der Waals surface area (Å²) in [4.78, 5) is 45.3. The lowest BCUT2D eigenvalue weighted by molar-refractivity contribution is -0.384. The smallest absolute Gasteiger partial charge is 0.269 e. The Balaban J connectivity index is 1.78. The molecule has 2 aliphatic heterocycles.